The van der Waals surface area contributed by atoms with Gasteiger partial charge in [0.05, 0.1) is 5.39 Å². The summed E-state index contributed by atoms with van der Waals surface area (Å²) in [7, 11) is 0. The number of carbonyl (C=O) groups is 1. The van der Waals surface area contributed by atoms with Gasteiger partial charge < -0.3 is 10.6 Å². The summed E-state index contributed by atoms with van der Waals surface area (Å²) in [5.74, 6) is 0.719. The molecule has 3 rings (SSSR count). The van der Waals surface area contributed by atoms with Gasteiger partial charge in [-0.05, 0) is 36.8 Å². The van der Waals surface area contributed by atoms with E-state index < -0.39 is 0 Å². The lowest BCUT2D eigenvalue weighted by atomic mass is 10.2. The minimum absolute atomic E-state index is 0.0800. The minimum Gasteiger partial charge on any atom is -0.340 e. The van der Waals surface area contributed by atoms with Crippen LogP contribution in [-0.2, 0) is 11.2 Å². The highest BCUT2D eigenvalue weighted by molar-refractivity contribution is 7.18. The molecule has 0 saturated carbocycles. The highest BCUT2D eigenvalue weighted by Crippen LogP contribution is 2.30. The van der Waals surface area contributed by atoms with E-state index in [9.17, 15) is 4.79 Å². The predicted molar refractivity (Wildman–Crippen MR) is 90.8 cm³/mol. The summed E-state index contributed by atoms with van der Waals surface area (Å²) >= 11 is 1.69. The molecule has 0 atom stereocenters. The molecule has 3 aromatic rings. The Morgan fingerprint density at radius 3 is 2.59 bits per heavy atom. The third-order valence-corrected chi connectivity index (χ3v) is 4.38. The molecule has 6 heteroatoms. The zero-order valence-corrected chi connectivity index (χ0v) is 13.2. The molecule has 0 spiro atoms. The molecule has 1 amide bonds. The van der Waals surface area contributed by atoms with Crippen LogP contribution in [0, 0.1) is 0 Å². The van der Waals surface area contributed by atoms with Gasteiger partial charge in [-0.3, -0.25) is 4.79 Å². The fraction of sp³-hybridized carbons (Fsp3) is 0.188. The number of benzene rings is 1. The Balaban J connectivity index is 1.86. The molecule has 5 nitrogen and oxygen atoms in total. The standard InChI is InChI=1S/C16H16N4OS/c1-3-13-8-14-15(17-9-18-16(14)22-13)20-12-6-4-11(5-7-12)19-10(2)21/h4-9H,3H2,1-2H3,(H,19,21)(H,17,18,20). The van der Waals surface area contributed by atoms with Crippen LogP contribution in [0.5, 0.6) is 0 Å². The summed E-state index contributed by atoms with van der Waals surface area (Å²) in [6.45, 7) is 3.62. The molecule has 2 aromatic heterocycles. The van der Waals surface area contributed by atoms with Gasteiger partial charge in [-0.15, -0.1) is 11.3 Å². The molecular formula is C16H16N4OS. The average Bonchev–Trinajstić information content (AvgIpc) is 2.93. The van der Waals surface area contributed by atoms with Gasteiger partial charge in [0, 0.05) is 23.2 Å². The van der Waals surface area contributed by atoms with Crippen molar-refractivity contribution in [2.75, 3.05) is 10.6 Å². The SMILES string of the molecule is CCc1cc2c(Nc3ccc(NC(C)=O)cc3)ncnc2s1. The number of carbonyl (C=O) groups excluding carboxylic acids is 1. The van der Waals surface area contributed by atoms with E-state index in [1.54, 1.807) is 17.7 Å². The number of hydrogen-bond donors (Lipinski definition) is 2. The monoisotopic (exact) mass is 312 g/mol. The molecule has 0 unspecified atom stereocenters. The first-order valence-electron chi connectivity index (χ1n) is 7.04. The number of fused-ring (bicyclic) bond motifs is 1. The van der Waals surface area contributed by atoms with Crippen LogP contribution in [0.3, 0.4) is 0 Å². The third-order valence-electron chi connectivity index (χ3n) is 3.20. The number of thiophene rings is 1. The third kappa shape index (κ3) is 3.07. The number of rotatable bonds is 4. The number of hydrogen-bond acceptors (Lipinski definition) is 5. The zero-order chi connectivity index (χ0) is 15.5. The molecule has 2 N–H and O–H groups in total. The van der Waals surface area contributed by atoms with Crippen LogP contribution >= 0.6 is 11.3 Å². The average molecular weight is 312 g/mol. The zero-order valence-electron chi connectivity index (χ0n) is 12.4. The topological polar surface area (TPSA) is 66.9 Å². The Bertz CT molecular complexity index is 811. The van der Waals surface area contributed by atoms with Crippen LogP contribution in [0.4, 0.5) is 17.2 Å². The fourth-order valence-corrected chi connectivity index (χ4v) is 3.09. The summed E-state index contributed by atoms with van der Waals surface area (Å²) in [4.78, 5) is 22.0. The number of aromatic nitrogens is 2. The largest absolute Gasteiger partial charge is 0.340 e. The second-order valence-electron chi connectivity index (χ2n) is 4.89. The Morgan fingerprint density at radius 2 is 1.91 bits per heavy atom. The van der Waals surface area contributed by atoms with E-state index in [2.05, 4.69) is 33.6 Å². The first kappa shape index (κ1) is 14.5. The molecule has 1 aromatic carbocycles. The molecule has 0 aliphatic rings. The normalized spacial score (nSPS) is 10.6. The van der Waals surface area contributed by atoms with Gasteiger partial charge >= 0.3 is 0 Å². The molecule has 22 heavy (non-hydrogen) atoms. The van der Waals surface area contributed by atoms with E-state index in [1.165, 1.54) is 11.8 Å². The summed E-state index contributed by atoms with van der Waals surface area (Å²) in [6, 6.07) is 9.66. The maximum absolute atomic E-state index is 11.0. The maximum Gasteiger partial charge on any atom is 0.221 e. The second kappa shape index (κ2) is 6.11. The van der Waals surface area contributed by atoms with Crippen molar-refractivity contribution in [3.05, 3.63) is 41.5 Å². The van der Waals surface area contributed by atoms with Crippen molar-refractivity contribution in [2.45, 2.75) is 20.3 Å². The molecule has 0 bridgehead atoms. The first-order chi connectivity index (χ1) is 10.7. The smallest absolute Gasteiger partial charge is 0.221 e. The van der Waals surface area contributed by atoms with E-state index in [0.29, 0.717) is 0 Å². The highest BCUT2D eigenvalue weighted by Gasteiger charge is 2.08. The number of anilines is 3. The highest BCUT2D eigenvalue weighted by atomic mass is 32.1. The number of nitrogens with one attached hydrogen (secondary N) is 2. The minimum atomic E-state index is -0.0800. The number of aryl methyl sites for hydroxylation is 1. The quantitative estimate of drug-likeness (QED) is 0.765. The van der Waals surface area contributed by atoms with Gasteiger partial charge in [-0.2, -0.15) is 0 Å². The Hall–Kier alpha value is -2.47. The predicted octanol–water partition coefficient (Wildman–Crippen LogP) is 3.96. The lowest BCUT2D eigenvalue weighted by Crippen LogP contribution is -2.05. The molecule has 0 fully saturated rings. The molecule has 0 aliphatic carbocycles. The van der Waals surface area contributed by atoms with Crippen LogP contribution in [0.25, 0.3) is 10.2 Å². The van der Waals surface area contributed by atoms with Gasteiger partial charge in [-0.1, -0.05) is 6.92 Å². The van der Waals surface area contributed by atoms with Crippen molar-refractivity contribution in [1.29, 1.82) is 0 Å². The van der Waals surface area contributed by atoms with Crippen molar-refractivity contribution in [3.63, 3.8) is 0 Å². The Labute approximate surface area is 132 Å². The van der Waals surface area contributed by atoms with Gasteiger partial charge in [0.1, 0.15) is 17.0 Å². The lowest BCUT2D eigenvalue weighted by Gasteiger charge is -2.07. The van der Waals surface area contributed by atoms with E-state index in [1.807, 2.05) is 24.3 Å². The molecular weight excluding hydrogens is 296 g/mol. The van der Waals surface area contributed by atoms with Crippen molar-refractivity contribution >= 4 is 44.7 Å². The summed E-state index contributed by atoms with van der Waals surface area (Å²) < 4.78 is 0. The molecule has 0 radical (unpaired) electrons. The number of amides is 1. The van der Waals surface area contributed by atoms with E-state index in [4.69, 9.17) is 0 Å². The van der Waals surface area contributed by atoms with Crippen LogP contribution in [0.15, 0.2) is 36.7 Å². The van der Waals surface area contributed by atoms with Crippen LogP contribution in [-0.4, -0.2) is 15.9 Å². The van der Waals surface area contributed by atoms with Gasteiger partial charge in [0.2, 0.25) is 5.91 Å². The lowest BCUT2D eigenvalue weighted by molar-refractivity contribution is -0.114. The summed E-state index contributed by atoms with van der Waals surface area (Å²) in [5, 5.41) is 7.09. The Kier molecular flexibility index (Phi) is 4.02. The fourth-order valence-electron chi connectivity index (χ4n) is 2.16. The van der Waals surface area contributed by atoms with Crippen LogP contribution in [0.1, 0.15) is 18.7 Å². The van der Waals surface area contributed by atoms with Crippen molar-refractivity contribution < 1.29 is 4.79 Å². The molecule has 0 aliphatic heterocycles. The summed E-state index contributed by atoms with van der Waals surface area (Å²) in [5.41, 5.74) is 1.69. The van der Waals surface area contributed by atoms with Crippen LogP contribution < -0.4 is 10.6 Å². The van der Waals surface area contributed by atoms with Crippen LogP contribution in [0.2, 0.25) is 0 Å². The van der Waals surface area contributed by atoms with Crippen molar-refractivity contribution in [3.8, 4) is 0 Å². The Morgan fingerprint density at radius 1 is 1.18 bits per heavy atom. The molecule has 2 heterocycles. The van der Waals surface area contributed by atoms with Gasteiger partial charge in [-0.25, -0.2) is 9.97 Å². The van der Waals surface area contributed by atoms with E-state index in [0.717, 1.165) is 33.8 Å². The number of nitrogens with zero attached hydrogens (tertiary/aromatic N) is 2. The second-order valence-corrected chi connectivity index (χ2v) is 6.01. The summed E-state index contributed by atoms with van der Waals surface area (Å²) in [6.07, 6.45) is 2.57. The van der Waals surface area contributed by atoms with E-state index >= 15 is 0 Å². The van der Waals surface area contributed by atoms with Crippen molar-refractivity contribution in [2.24, 2.45) is 0 Å². The van der Waals surface area contributed by atoms with E-state index in [-0.39, 0.29) is 5.91 Å². The maximum atomic E-state index is 11.0. The van der Waals surface area contributed by atoms with Gasteiger partial charge in [0.15, 0.2) is 0 Å². The first-order valence-corrected chi connectivity index (χ1v) is 7.85. The molecule has 0 saturated heterocycles. The van der Waals surface area contributed by atoms with Gasteiger partial charge in [0.25, 0.3) is 0 Å². The molecule has 112 valence electrons. The van der Waals surface area contributed by atoms with Crippen molar-refractivity contribution in [1.82, 2.24) is 9.97 Å².